The van der Waals surface area contributed by atoms with Crippen LogP contribution in [-0.4, -0.2) is 24.5 Å². The van der Waals surface area contributed by atoms with E-state index in [9.17, 15) is 18.4 Å². The SMILES string of the molecule is C#C[C@@H](c1cc(F)cc(F)c1)[C@@H](CC(=O)OCC)NC(C)=O. The molecule has 1 aromatic rings. The van der Waals surface area contributed by atoms with Crippen LogP contribution in [0, 0.1) is 24.0 Å². The summed E-state index contributed by atoms with van der Waals surface area (Å²) in [5, 5.41) is 2.53. The zero-order valence-electron chi connectivity index (χ0n) is 12.4. The van der Waals surface area contributed by atoms with Crippen molar-refractivity contribution in [2.75, 3.05) is 6.61 Å². The highest BCUT2D eigenvalue weighted by Crippen LogP contribution is 2.23. The van der Waals surface area contributed by atoms with Crippen LogP contribution < -0.4 is 5.32 Å². The van der Waals surface area contributed by atoms with E-state index < -0.39 is 35.5 Å². The summed E-state index contributed by atoms with van der Waals surface area (Å²) in [7, 11) is 0. The van der Waals surface area contributed by atoms with Crippen molar-refractivity contribution in [1.29, 1.82) is 0 Å². The van der Waals surface area contributed by atoms with E-state index in [1.807, 2.05) is 0 Å². The number of benzene rings is 1. The number of carbonyl (C=O) groups is 2. The lowest BCUT2D eigenvalue weighted by Crippen LogP contribution is -2.39. The zero-order chi connectivity index (χ0) is 16.7. The third-order valence-electron chi connectivity index (χ3n) is 2.91. The molecule has 2 atom stereocenters. The average Bonchev–Trinajstić information content (AvgIpc) is 2.37. The smallest absolute Gasteiger partial charge is 0.307 e. The van der Waals surface area contributed by atoms with Gasteiger partial charge in [0.1, 0.15) is 11.6 Å². The van der Waals surface area contributed by atoms with Crippen molar-refractivity contribution in [2.45, 2.75) is 32.2 Å². The Bertz CT molecular complexity index is 575. The van der Waals surface area contributed by atoms with Gasteiger partial charge in [0, 0.05) is 13.0 Å². The number of esters is 1. The molecular weight excluding hydrogens is 292 g/mol. The largest absolute Gasteiger partial charge is 0.466 e. The lowest BCUT2D eigenvalue weighted by atomic mass is 9.90. The first kappa shape index (κ1) is 17.6. The quantitative estimate of drug-likeness (QED) is 0.647. The fraction of sp³-hybridized carbons (Fsp3) is 0.375. The first-order chi connectivity index (χ1) is 10.4. The number of carbonyl (C=O) groups excluding carboxylic acids is 2. The van der Waals surface area contributed by atoms with E-state index in [2.05, 4.69) is 11.2 Å². The normalized spacial score (nSPS) is 12.9. The second-order valence-corrected chi connectivity index (χ2v) is 4.66. The molecule has 0 radical (unpaired) electrons. The summed E-state index contributed by atoms with van der Waals surface area (Å²) < 4.78 is 31.5. The molecule has 0 aliphatic heterocycles. The lowest BCUT2D eigenvalue weighted by Gasteiger charge is -2.23. The molecule has 0 spiro atoms. The fourth-order valence-electron chi connectivity index (χ4n) is 2.11. The van der Waals surface area contributed by atoms with Crippen LogP contribution in [0.3, 0.4) is 0 Å². The summed E-state index contributed by atoms with van der Waals surface area (Å²) in [5.74, 6) is -1.03. The molecule has 4 nitrogen and oxygen atoms in total. The molecular formula is C16H17F2NO3. The van der Waals surface area contributed by atoms with Crippen LogP contribution in [0.2, 0.25) is 0 Å². The Morgan fingerprint density at radius 1 is 1.32 bits per heavy atom. The first-order valence-electron chi connectivity index (χ1n) is 6.72. The molecule has 1 N–H and O–H groups in total. The van der Waals surface area contributed by atoms with Crippen LogP contribution >= 0.6 is 0 Å². The molecule has 0 unspecified atom stereocenters. The van der Waals surface area contributed by atoms with E-state index in [1.54, 1.807) is 6.92 Å². The Morgan fingerprint density at radius 2 is 1.91 bits per heavy atom. The first-order valence-corrected chi connectivity index (χ1v) is 6.72. The van der Waals surface area contributed by atoms with E-state index in [0.29, 0.717) is 0 Å². The highest BCUT2D eigenvalue weighted by molar-refractivity contribution is 5.76. The molecule has 1 amide bonds. The fourth-order valence-corrected chi connectivity index (χ4v) is 2.11. The summed E-state index contributed by atoms with van der Waals surface area (Å²) >= 11 is 0. The Labute approximate surface area is 127 Å². The van der Waals surface area contributed by atoms with Gasteiger partial charge in [-0.2, -0.15) is 0 Å². The van der Waals surface area contributed by atoms with Gasteiger partial charge in [-0.05, 0) is 24.6 Å². The predicted octanol–water partition coefficient (Wildman–Crippen LogP) is 2.14. The van der Waals surface area contributed by atoms with Crippen LogP contribution in [0.4, 0.5) is 8.78 Å². The van der Waals surface area contributed by atoms with Gasteiger partial charge in [0.05, 0.1) is 25.0 Å². The van der Waals surface area contributed by atoms with Gasteiger partial charge in [0.15, 0.2) is 0 Å². The maximum absolute atomic E-state index is 13.3. The Hall–Kier alpha value is -2.42. The van der Waals surface area contributed by atoms with E-state index in [0.717, 1.165) is 18.2 Å². The molecule has 118 valence electrons. The van der Waals surface area contributed by atoms with E-state index >= 15 is 0 Å². The molecule has 0 aliphatic carbocycles. The molecule has 0 fully saturated rings. The third-order valence-corrected chi connectivity index (χ3v) is 2.91. The minimum atomic E-state index is -0.862. The topological polar surface area (TPSA) is 55.4 Å². The second-order valence-electron chi connectivity index (χ2n) is 4.66. The molecule has 1 rings (SSSR count). The number of terminal acetylenes is 1. The van der Waals surface area contributed by atoms with Gasteiger partial charge >= 0.3 is 5.97 Å². The van der Waals surface area contributed by atoms with Gasteiger partial charge in [-0.15, -0.1) is 6.42 Å². The van der Waals surface area contributed by atoms with Crippen molar-refractivity contribution in [2.24, 2.45) is 0 Å². The lowest BCUT2D eigenvalue weighted by molar-refractivity contribution is -0.143. The minimum Gasteiger partial charge on any atom is -0.466 e. The van der Waals surface area contributed by atoms with E-state index in [1.165, 1.54) is 6.92 Å². The van der Waals surface area contributed by atoms with Crippen molar-refractivity contribution in [3.8, 4) is 12.3 Å². The molecule has 1 aromatic carbocycles. The molecule has 0 saturated heterocycles. The number of hydrogen-bond acceptors (Lipinski definition) is 3. The van der Waals surface area contributed by atoms with Gasteiger partial charge in [0.25, 0.3) is 0 Å². The highest BCUT2D eigenvalue weighted by atomic mass is 19.1. The molecule has 0 bridgehead atoms. The Morgan fingerprint density at radius 3 is 2.36 bits per heavy atom. The van der Waals surface area contributed by atoms with Crippen molar-refractivity contribution >= 4 is 11.9 Å². The van der Waals surface area contributed by atoms with Gasteiger partial charge in [-0.3, -0.25) is 9.59 Å². The van der Waals surface area contributed by atoms with Crippen molar-refractivity contribution < 1.29 is 23.1 Å². The molecule has 22 heavy (non-hydrogen) atoms. The van der Waals surface area contributed by atoms with Gasteiger partial charge in [-0.25, -0.2) is 8.78 Å². The van der Waals surface area contributed by atoms with E-state index in [4.69, 9.17) is 11.2 Å². The third kappa shape index (κ3) is 5.17. The molecule has 0 aliphatic rings. The van der Waals surface area contributed by atoms with E-state index in [-0.39, 0.29) is 18.6 Å². The van der Waals surface area contributed by atoms with Gasteiger partial charge in [-0.1, -0.05) is 5.92 Å². The molecule has 0 heterocycles. The molecule has 6 heteroatoms. The number of ether oxygens (including phenoxy) is 1. The Kier molecular flexibility index (Phi) is 6.51. The number of rotatable bonds is 6. The van der Waals surface area contributed by atoms with Crippen LogP contribution in [-0.2, 0) is 14.3 Å². The second kappa shape index (κ2) is 8.13. The predicted molar refractivity (Wildman–Crippen MR) is 76.8 cm³/mol. The standard InChI is InChI=1S/C16H17F2NO3/c1-4-14(11-6-12(17)8-13(18)7-11)15(19-10(3)20)9-16(21)22-5-2/h1,6-8,14-15H,5,9H2,2-3H3,(H,19,20)/t14-,15+/m0/s1. The van der Waals surface area contributed by atoms with Crippen molar-refractivity contribution in [1.82, 2.24) is 5.32 Å². The summed E-state index contributed by atoms with van der Waals surface area (Å²) in [5.41, 5.74) is 0.169. The maximum Gasteiger partial charge on any atom is 0.307 e. The minimum absolute atomic E-state index is 0.169. The van der Waals surface area contributed by atoms with Crippen LogP contribution in [0.1, 0.15) is 31.7 Å². The zero-order valence-corrected chi connectivity index (χ0v) is 12.4. The maximum atomic E-state index is 13.3. The summed E-state index contributed by atoms with van der Waals surface area (Å²) in [4.78, 5) is 22.9. The Balaban J connectivity index is 3.09. The number of amides is 1. The summed E-state index contributed by atoms with van der Waals surface area (Å²) in [6, 6.07) is 2.06. The van der Waals surface area contributed by atoms with Gasteiger partial charge < -0.3 is 10.1 Å². The highest BCUT2D eigenvalue weighted by Gasteiger charge is 2.26. The van der Waals surface area contributed by atoms with Crippen LogP contribution in [0.15, 0.2) is 18.2 Å². The molecule has 0 aromatic heterocycles. The van der Waals surface area contributed by atoms with Crippen molar-refractivity contribution in [3.63, 3.8) is 0 Å². The van der Waals surface area contributed by atoms with Crippen LogP contribution in [0.25, 0.3) is 0 Å². The number of nitrogens with one attached hydrogen (secondary N) is 1. The summed E-state index contributed by atoms with van der Waals surface area (Å²) in [6.45, 7) is 3.09. The van der Waals surface area contributed by atoms with Crippen LogP contribution in [0.5, 0.6) is 0 Å². The average molecular weight is 309 g/mol. The number of halogens is 2. The number of hydrogen-bond donors (Lipinski definition) is 1. The van der Waals surface area contributed by atoms with Crippen molar-refractivity contribution in [3.05, 3.63) is 35.4 Å². The molecule has 0 saturated carbocycles. The van der Waals surface area contributed by atoms with Gasteiger partial charge in [0.2, 0.25) is 5.91 Å². The monoisotopic (exact) mass is 309 g/mol. The summed E-state index contributed by atoms with van der Waals surface area (Å²) in [6.07, 6.45) is 5.24.